The zero-order valence-corrected chi connectivity index (χ0v) is 37.5. The summed E-state index contributed by atoms with van der Waals surface area (Å²) in [5, 5.41) is 8.94. The Kier molecular flexibility index (Phi) is 11.8. The number of nitrogens with one attached hydrogen (secondary N) is 2. The molecule has 0 radical (unpaired) electrons. The molecule has 0 unspecified atom stereocenters. The predicted molar refractivity (Wildman–Crippen MR) is 243 cm³/mol. The largest absolute Gasteiger partial charge is 0.454 e. The van der Waals surface area contributed by atoms with Gasteiger partial charge in [0.1, 0.15) is 10.6 Å². The van der Waals surface area contributed by atoms with Crippen LogP contribution in [0.3, 0.4) is 0 Å². The highest BCUT2D eigenvalue weighted by atomic mass is 32.2. The maximum Gasteiger partial charge on any atom is 0.261 e. The van der Waals surface area contributed by atoms with E-state index in [9.17, 15) is 26.4 Å². The zero-order valence-electron chi connectivity index (χ0n) is 33.4. The number of aryl methyl sites for hydroxylation is 1. The molecule has 2 amide bonds. The summed E-state index contributed by atoms with van der Waals surface area (Å²) in [5.74, 6) is 1.04. The number of fused-ring (bicyclic) bond motifs is 4. The van der Waals surface area contributed by atoms with Crippen LogP contribution in [0.5, 0.6) is 11.5 Å². The number of pyridine rings is 1. The van der Waals surface area contributed by atoms with E-state index in [-0.39, 0.29) is 44.6 Å². The van der Waals surface area contributed by atoms with Gasteiger partial charge in [-0.2, -0.15) is 0 Å². The SMILES string of the molecule is Cc1nc(S(=O)(=O)c2ccc(CNC(=O)c3cnc4nccn4c3)cc2)cs1.O=C(NCc1ccc(S(=O)(=O)c2cccc3c2Oc2ccccc2S3)cc1)c1cc2ccncc2s1. The van der Waals surface area contributed by atoms with E-state index < -0.39 is 19.7 Å². The van der Waals surface area contributed by atoms with Gasteiger partial charge in [0.2, 0.25) is 25.5 Å². The van der Waals surface area contributed by atoms with Gasteiger partial charge in [0.15, 0.2) is 10.8 Å². The van der Waals surface area contributed by atoms with E-state index in [1.807, 2.05) is 42.5 Å². The average molecular weight is 944 g/mol. The van der Waals surface area contributed by atoms with Gasteiger partial charge in [-0.3, -0.25) is 19.0 Å². The minimum Gasteiger partial charge on any atom is -0.454 e. The van der Waals surface area contributed by atoms with Gasteiger partial charge in [-0.15, -0.1) is 22.7 Å². The molecule has 0 spiro atoms. The summed E-state index contributed by atoms with van der Waals surface area (Å²) in [6, 6.07) is 29.3. The molecule has 14 nitrogen and oxygen atoms in total. The minimum absolute atomic E-state index is 0.0541. The number of ether oxygens (including phenoxy) is 1. The Labute approximate surface area is 378 Å². The summed E-state index contributed by atoms with van der Waals surface area (Å²) in [6.07, 6.45) is 9.86. The molecule has 19 heteroatoms. The first kappa shape index (κ1) is 42.5. The minimum atomic E-state index is -3.82. The number of carbonyl (C=O) groups is 2. The number of rotatable bonds is 10. The van der Waals surface area contributed by atoms with E-state index in [0.717, 1.165) is 31.0 Å². The Hall–Kier alpha value is -6.77. The van der Waals surface area contributed by atoms with Crippen LogP contribution in [-0.2, 0) is 32.8 Å². The second-order valence-electron chi connectivity index (χ2n) is 14.1. The number of sulfone groups is 2. The van der Waals surface area contributed by atoms with Crippen molar-refractivity contribution in [2.45, 2.75) is 49.5 Å². The number of imidazole rings is 1. The van der Waals surface area contributed by atoms with Gasteiger partial charge < -0.3 is 15.4 Å². The molecular formula is C45H33N7O7S5. The number of hydrogen-bond donors (Lipinski definition) is 2. The molecule has 10 rings (SSSR count). The van der Waals surface area contributed by atoms with Crippen molar-refractivity contribution >= 4 is 81.8 Å². The molecule has 4 aromatic carbocycles. The lowest BCUT2D eigenvalue weighted by atomic mass is 10.2. The lowest BCUT2D eigenvalue weighted by Crippen LogP contribution is -2.23. The molecule has 0 saturated carbocycles. The van der Waals surface area contributed by atoms with Crippen molar-refractivity contribution in [3.05, 3.63) is 172 Å². The molecule has 1 aliphatic heterocycles. The number of carbonyl (C=O) groups excluding carboxylic acids is 2. The van der Waals surface area contributed by atoms with Gasteiger partial charge >= 0.3 is 0 Å². The van der Waals surface area contributed by atoms with Gasteiger partial charge in [-0.25, -0.2) is 31.8 Å². The second-order valence-corrected chi connectivity index (χ2v) is 21.1. The molecule has 0 atom stereocenters. The highest BCUT2D eigenvalue weighted by Gasteiger charge is 2.28. The Morgan fingerprint density at radius 2 is 1.45 bits per heavy atom. The van der Waals surface area contributed by atoms with Crippen LogP contribution >= 0.6 is 34.4 Å². The van der Waals surface area contributed by atoms with Gasteiger partial charge in [-0.05, 0) is 84.1 Å². The van der Waals surface area contributed by atoms with Crippen molar-refractivity contribution in [3.8, 4) is 11.5 Å². The maximum absolute atomic E-state index is 13.5. The molecule has 6 heterocycles. The van der Waals surface area contributed by atoms with Crippen LogP contribution in [0, 0.1) is 6.92 Å². The Morgan fingerprint density at radius 3 is 2.17 bits per heavy atom. The van der Waals surface area contributed by atoms with Crippen LogP contribution in [0.2, 0.25) is 0 Å². The zero-order chi connectivity index (χ0) is 44.4. The topological polar surface area (TPSA) is 192 Å². The second kappa shape index (κ2) is 17.8. The van der Waals surface area contributed by atoms with Crippen molar-refractivity contribution in [3.63, 3.8) is 0 Å². The third-order valence-electron chi connectivity index (χ3n) is 9.81. The number of hydrogen-bond acceptors (Lipinski definition) is 14. The number of benzene rings is 4. The molecule has 0 aliphatic carbocycles. The highest BCUT2D eigenvalue weighted by molar-refractivity contribution is 7.99. The van der Waals surface area contributed by atoms with Crippen LogP contribution < -0.4 is 15.4 Å². The van der Waals surface area contributed by atoms with E-state index in [0.29, 0.717) is 32.7 Å². The van der Waals surface area contributed by atoms with E-state index in [1.54, 1.807) is 90.8 Å². The molecule has 0 bridgehead atoms. The molecule has 0 saturated heterocycles. The first-order valence-electron chi connectivity index (χ1n) is 19.3. The van der Waals surface area contributed by atoms with Gasteiger partial charge in [0, 0.05) is 55.7 Å². The fraction of sp³-hybridized carbons (Fsp3) is 0.0667. The smallest absolute Gasteiger partial charge is 0.261 e. The Balaban J connectivity index is 0.000000167. The van der Waals surface area contributed by atoms with Gasteiger partial charge in [-0.1, -0.05) is 54.2 Å². The third-order valence-corrected chi connectivity index (χ3v) is 16.4. The molecule has 9 aromatic rings. The summed E-state index contributed by atoms with van der Waals surface area (Å²) >= 11 is 4.16. The summed E-state index contributed by atoms with van der Waals surface area (Å²) < 4.78 is 60.7. The quantitative estimate of drug-likeness (QED) is 0.133. The summed E-state index contributed by atoms with van der Waals surface area (Å²) in [5.41, 5.74) is 1.97. The molecular weight excluding hydrogens is 911 g/mol. The number of para-hydroxylation sites is 2. The van der Waals surface area contributed by atoms with Gasteiger partial charge in [0.05, 0.1) is 39.7 Å². The van der Waals surface area contributed by atoms with Crippen LogP contribution in [0.25, 0.3) is 15.9 Å². The lowest BCUT2D eigenvalue weighted by Gasteiger charge is -2.21. The molecule has 1 aliphatic rings. The normalized spacial score (nSPS) is 12.1. The van der Waals surface area contributed by atoms with Crippen molar-refractivity contribution < 1.29 is 31.2 Å². The molecule has 320 valence electrons. The molecule has 64 heavy (non-hydrogen) atoms. The number of thiophene rings is 1. The van der Waals surface area contributed by atoms with Crippen molar-refractivity contribution in [1.82, 2.24) is 35.0 Å². The first-order chi connectivity index (χ1) is 30.9. The maximum atomic E-state index is 13.5. The van der Waals surface area contributed by atoms with Crippen LogP contribution in [0.1, 0.15) is 36.2 Å². The fourth-order valence-electron chi connectivity index (χ4n) is 6.51. The van der Waals surface area contributed by atoms with Crippen LogP contribution in [0.4, 0.5) is 0 Å². The Morgan fingerprint density at radius 1 is 0.750 bits per heavy atom. The van der Waals surface area contributed by atoms with Gasteiger partial charge in [0.25, 0.3) is 11.8 Å². The molecule has 5 aromatic heterocycles. The van der Waals surface area contributed by atoms with E-state index in [1.165, 1.54) is 58.1 Å². The first-order valence-corrected chi connectivity index (χ1v) is 24.8. The van der Waals surface area contributed by atoms with Crippen molar-refractivity contribution in [2.24, 2.45) is 0 Å². The highest BCUT2D eigenvalue weighted by Crippen LogP contribution is 2.50. The number of nitrogens with zero attached hydrogens (tertiary/aromatic N) is 5. The van der Waals surface area contributed by atoms with E-state index in [2.05, 4.69) is 30.6 Å². The van der Waals surface area contributed by atoms with E-state index >= 15 is 0 Å². The molecule has 2 N–H and O–H groups in total. The number of thiazole rings is 1. The van der Waals surface area contributed by atoms with Crippen molar-refractivity contribution in [1.29, 1.82) is 0 Å². The van der Waals surface area contributed by atoms with Crippen molar-refractivity contribution in [2.75, 3.05) is 0 Å². The number of amides is 2. The van der Waals surface area contributed by atoms with Crippen LogP contribution in [0.15, 0.2) is 175 Å². The summed E-state index contributed by atoms with van der Waals surface area (Å²) in [7, 11) is -7.45. The lowest BCUT2D eigenvalue weighted by molar-refractivity contribution is 0.0944. The summed E-state index contributed by atoms with van der Waals surface area (Å²) in [4.78, 5) is 43.9. The van der Waals surface area contributed by atoms with E-state index in [4.69, 9.17) is 4.74 Å². The fourth-order valence-corrected chi connectivity index (χ4v) is 12.1. The third kappa shape index (κ3) is 8.88. The summed E-state index contributed by atoms with van der Waals surface area (Å²) in [6.45, 7) is 2.30. The monoisotopic (exact) mass is 943 g/mol. The average Bonchev–Trinajstić information content (AvgIpc) is 4.10. The number of aromatic nitrogens is 5. The Bertz CT molecular complexity index is 3410. The predicted octanol–water partition coefficient (Wildman–Crippen LogP) is 8.57. The van der Waals surface area contributed by atoms with Crippen LogP contribution in [-0.4, -0.2) is 53.0 Å². The standard InChI is InChI=1S/C27H18N2O4S3.C18H15N5O3S2/c30-27(23-14-18-12-13-28-16-24(18)35-23)29-15-17-8-10-19(11-9-17)36(31,32)25-7-3-6-22-26(25)33-20-4-1-2-5-21(20)34-22;1-12-22-16(11-27-12)28(25,26)15-4-2-13(3-5-15)8-20-17(24)14-9-21-18-19-6-7-23(18)10-14/h1-14,16H,15H2,(H,29,30);2-7,9-11H,8H2,1H3,(H,20,24). The molecule has 0 fully saturated rings.